The average molecular weight is 163 g/mol. The number of hydrogen-bond acceptors (Lipinski definition) is 3. The van der Waals surface area contributed by atoms with Crippen LogP contribution in [0.25, 0.3) is 0 Å². The molecule has 1 heterocycles. The summed E-state index contributed by atoms with van der Waals surface area (Å²) in [4.78, 5) is 2.20. The number of nitrogens with zero attached hydrogens (tertiary/aromatic N) is 1. The highest BCUT2D eigenvalue weighted by molar-refractivity contribution is 7.72. The van der Waals surface area contributed by atoms with Gasteiger partial charge < -0.3 is 4.90 Å². The summed E-state index contributed by atoms with van der Waals surface area (Å²) in [5.41, 5.74) is 0. The Kier molecular flexibility index (Phi) is 3.15. The van der Waals surface area contributed by atoms with Gasteiger partial charge in [-0.25, -0.2) is 8.42 Å². The fourth-order valence-corrected chi connectivity index (χ4v) is 1.68. The monoisotopic (exact) mass is 163 g/mol. The van der Waals surface area contributed by atoms with E-state index in [-0.39, 0.29) is 0 Å². The van der Waals surface area contributed by atoms with Crippen molar-refractivity contribution in [1.82, 2.24) is 4.90 Å². The van der Waals surface area contributed by atoms with Crippen LogP contribution >= 0.6 is 0 Å². The maximum absolute atomic E-state index is 10.2. The van der Waals surface area contributed by atoms with Crippen molar-refractivity contribution in [2.75, 3.05) is 25.4 Å². The van der Waals surface area contributed by atoms with Gasteiger partial charge in [0, 0.05) is 6.54 Å². The van der Waals surface area contributed by atoms with E-state index in [1.54, 1.807) is 0 Å². The average Bonchev–Trinajstić information content (AvgIpc) is 2.34. The van der Waals surface area contributed by atoms with Crippen LogP contribution in [0.5, 0.6) is 0 Å². The molecule has 1 fully saturated rings. The minimum Gasteiger partial charge on any atom is -0.302 e. The number of likely N-dealkylation sites (tertiary alicyclic amines) is 1. The molecule has 1 aliphatic heterocycles. The Labute approximate surface area is 63.0 Å². The minimum atomic E-state index is -2.16. The number of thiol groups is 1. The molecule has 4 heteroatoms. The zero-order valence-electron chi connectivity index (χ0n) is 5.95. The molecule has 0 aliphatic carbocycles. The molecule has 0 aromatic rings. The van der Waals surface area contributed by atoms with Crippen molar-refractivity contribution in [3.8, 4) is 0 Å². The lowest BCUT2D eigenvalue weighted by atomic mass is 10.4. The predicted octanol–water partition coefficient (Wildman–Crippen LogP) is -0.306. The van der Waals surface area contributed by atoms with Gasteiger partial charge in [-0.2, -0.15) is 0 Å². The first-order valence-corrected chi connectivity index (χ1v) is 4.99. The molecule has 0 atom stereocenters. The van der Waals surface area contributed by atoms with Gasteiger partial charge in [0.2, 0.25) is 0 Å². The maximum atomic E-state index is 10.2. The highest BCUT2D eigenvalue weighted by atomic mass is 32.2. The summed E-state index contributed by atoms with van der Waals surface area (Å²) in [5, 5.41) is 0. The van der Waals surface area contributed by atoms with Crippen molar-refractivity contribution >= 4 is 10.7 Å². The van der Waals surface area contributed by atoms with Gasteiger partial charge >= 0.3 is 0 Å². The van der Waals surface area contributed by atoms with Crippen molar-refractivity contribution in [1.29, 1.82) is 0 Å². The molecule has 0 amide bonds. The van der Waals surface area contributed by atoms with Gasteiger partial charge in [-0.05, 0) is 25.9 Å². The predicted molar refractivity (Wildman–Crippen MR) is 40.9 cm³/mol. The highest BCUT2D eigenvalue weighted by Gasteiger charge is 2.10. The van der Waals surface area contributed by atoms with E-state index in [4.69, 9.17) is 0 Å². The van der Waals surface area contributed by atoms with Crippen LogP contribution in [-0.4, -0.2) is 38.7 Å². The second-order valence-electron chi connectivity index (χ2n) is 2.61. The Morgan fingerprint density at radius 2 is 1.80 bits per heavy atom. The third-order valence-corrected chi connectivity index (χ3v) is 2.36. The molecule has 1 saturated heterocycles. The Bertz CT molecular complexity index is 153. The third-order valence-electron chi connectivity index (χ3n) is 1.80. The van der Waals surface area contributed by atoms with E-state index in [0.29, 0.717) is 5.75 Å². The first kappa shape index (κ1) is 8.01. The summed E-state index contributed by atoms with van der Waals surface area (Å²) >= 11 is 0. The quantitative estimate of drug-likeness (QED) is 0.580. The molecule has 1 aliphatic rings. The summed E-state index contributed by atoms with van der Waals surface area (Å²) in [6, 6.07) is 0. The third kappa shape index (κ3) is 2.66. The van der Waals surface area contributed by atoms with Crippen molar-refractivity contribution in [2.24, 2.45) is 0 Å². The molecule has 0 radical (unpaired) electrons. The van der Waals surface area contributed by atoms with Crippen molar-refractivity contribution in [2.45, 2.75) is 12.8 Å². The standard InChI is InChI=1S/C6H13NO2S/c8-10(9)6-5-7-3-1-2-4-7/h10H,1-6H2. The summed E-state index contributed by atoms with van der Waals surface area (Å²) in [7, 11) is -2.16. The lowest BCUT2D eigenvalue weighted by molar-refractivity contribution is 0.360. The topological polar surface area (TPSA) is 37.4 Å². The second-order valence-corrected chi connectivity index (χ2v) is 3.72. The van der Waals surface area contributed by atoms with E-state index in [9.17, 15) is 8.42 Å². The van der Waals surface area contributed by atoms with E-state index in [0.717, 1.165) is 19.6 Å². The SMILES string of the molecule is O=[SH](=O)CCN1CCCC1. The lowest BCUT2D eigenvalue weighted by Gasteiger charge is -2.10. The van der Waals surface area contributed by atoms with Crippen LogP contribution < -0.4 is 0 Å². The summed E-state index contributed by atoms with van der Waals surface area (Å²) in [6.45, 7) is 2.91. The molecule has 0 saturated carbocycles. The molecular formula is C6H13NO2S. The Hall–Kier alpha value is -0.0900. The Balaban J connectivity index is 2.12. The van der Waals surface area contributed by atoms with Crippen LogP contribution in [0.2, 0.25) is 0 Å². The molecule has 0 unspecified atom stereocenters. The molecule has 10 heavy (non-hydrogen) atoms. The molecule has 1 rings (SSSR count). The van der Waals surface area contributed by atoms with Gasteiger partial charge in [-0.15, -0.1) is 0 Å². The first-order chi connectivity index (χ1) is 4.79. The van der Waals surface area contributed by atoms with E-state index < -0.39 is 10.7 Å². The zero-order chi connectivity index (χ0) is 7.40. The van der Waals surface area contributed by atoms with Crippen molar-refractivity contribution in [3.05, 3.63) is 0 Å². The smallest absolute Gasteiger partial charge is 0.141 e. The normalized spacial score (nSPS) is 20.5. The second kappa shape index (κ2) is 3.93. The molecule has 0 bridgehead atoms. The highest BCUT2D eigenvalue weighted by Crippen LogP contribution is 2.05. The van der Waals surface area contributed by atoms with Crippen molar-refractivity contribution in [3.63, 3.8) is 0 Å². The minimum absolute atomic E-state index is 0.329. The van der Waals surface area contributed by atoms with Crippen LogP contribution in [0.3, 0.4) is 0 Å². The van der Waals surface area contributed by atoms with Gasteiger partial charge in [-0.1, -0.05) is 0 Å². The molecular weight excluding hydrogens is 150 g/mol. The van der Waals surface area contributed by atoms with Crippen LogP contribution in [0.1, 0.15) is 12.8 Å². The number of hydrogen-bond donors (Lipinski definition) is 1. The zero-order valence-corrected chi connectivity index (χ0v) is 6.85. The molecule has 3 nitrogen and oxygen atoms in total. The summed E-state index contributed by atoms with van der Waals surface area (Å²) < 4.78 is 20.3. The Morgan fingerprint density at radius 1 is 1.20 bits per heavy atom. The number of rotatable bonds is 3. The van der Waals surface area contributed by atoms with Crippen LogP contribution in [0, 0.1) is 0 Å². The molecule has 0 aromatic carbocycles. The maximum Gasteiger partial charge on any atom is 0.141 e. The first-order valence-electron chi connectivity index (χ1n) is 3.63. The fraction of sp³-hybridized carbons (Fsp3) is 1.00. The van der Waals surface area contributed by atoms with Gasteiger partial charge in [0.1, 0.15) is 10.7 Å². The van der Waals surface area contributed by atoms with Crippen molar-refractivity contribution < 1.29 is 8.42 Å². The van der Waals surface area contributed by atoms with E-state index in [1.165, 1.54) is 12.8 Å². The van der Waals surface area contributed by atoms with E-state index >= 15 is 0 Å². The van der Waals surface area contributed by atoms with Crippen LogP contribution in [0.4, 0.5) is 0 Å². The van der Waals surface area contributed by atoms with Gasteiger partial charge in [-0.3, -0.25) is 0 Å². The molecule has 60 valence electrons. The van der Waals surface area contributed by atoms with E-state index in [2.05, 4.69) is 4.90 Å². The Morgan fingerprint density at radius 3 is 2.30 bits per heavy atom. The van der Waals surface area contributed by atoms with Gasteiger partial charge in [0.05, 0.1) is 5.75 Å². The van der Waals surface area contributed by atoms with Gasteiger partial charge in [0.25, 0.3) is 0 Å². The summed E-state index contributed by atoms with van der Waals surface area (Å²) in [5.74, 6) is 0.329. The molecule has 0 spiro atoms. The van der Waals surface area contributed by atoms with Crippen LogP contribution in [0.15, 0.2) is 0 Å². The molecule has 0 N–H and O–H groups in total. The van der Waals surface area contributed by atoms with Crippen LogP contribution in [-0.2, 0) is 10.7 Å². The summed E-state index contributed by atoms with van der Waals surface area (Å²) in [6.07, 6.45) is 2.46. The van der Waals surface area contributed by atoms with Gasteiger partial charge in [0.15, 0.2) is 0 Å². The molecule has 0 aromatic heterocycles. The van der Waals surface area contributed by atoms with E-state index in [1.807, 2.05) is 0 Å². The lowest BCUT2D eigenvalue weighted by Crippen LogP contribution is -2.23. The largest absolute Gasteiger partial charge is 0.302 e. The fourth-order valence-electron chi connectivity index (χ4n) is 1.23.